The van der Waals surface area contributed by atoms with Crippen molar-refractivity contribution in [3.05, 3.63) is 51.7 Å². The van der Waals surface area contributed by atoms with Crippen LogP contribution in [0.2, 0.25) is 5.02 Å². The summed E-state index contributed by atoms with van der Waals surface area (Å²) >= 11 is 8.90. The van der Waals surface area contributed by atoms with Crippen LogP contribution in [0, 0.1) is 5.82 Å². The number of hydrogen-bond donors (Lipinski definition) is 2. The van der Waals surface area contributed by atoms with E-state index < -0.39 is 0 Å². The molecule has 0 fully saturated rings. The lowest BCUT2D eigenvalue weighted by molar-refractivity contribution is 0.622. The third-order valence-electron chi connectivity index (χ3n) is 2.22. The molecule has 2 aromatic rings. The molecule has 0 radical (unpaired) electrons. The first-order valence-electron chi connectivity index (χ1n) is 4.83. The zero-order valence-electron chi connectivity index (χ0n) is 8.68. The average molecular weight is 316 g/mol. The Kier molecular flexibility index (Phi) is 3.54. The Hall–Kier alpha value is -1.26. The summed E-state index contributed by atoms with van der Waals surface area (Å²) in [5, 5.41) is 3.74. The highest BCUT2D eigenvalue weighted by molar-refractivity contribution is 9.10. The van der Waals surface area contributed by atoms with E-state index in [4.69, 9.17) is 17.3 Å². The number of anilines is 3. The molecule has 2 rings (SSSR count). The highest BCUT2D eigenvalue weighted by Crippen LogP contribution is 2.29. The van der Waals surface area contributed by atoms with Crippen LogP contribution in [0.3, 0.4) is 0 Å². The Labute approximate surface area is 112 Å². The van der Waals surface area contributed by atoms with Crippen LogP contribution in [0.5, 0.6) is 0 Å². The Morgan fingerprint density at radius 3 is 2.47 bits per heavy atom. The van der Waals surface area contributed by atoms with Crippen LogP contribution in [0.15, 0.2) is 40.9 Å². The van der Waals surface area contributed by atoms with Crippen LogP contribution in [-0.4, -0.2) is 0 Å². The van der Waals surface area contributed by atoms with Gasteiger partial charge in [-0.3, -0.25) is 0 Å². The van der Waals surface area contributed by atoms with Gasteiger partial charge >= 0.3 is 0 Å². The molecular formula is C12H9BrClFN2. The number of nitrogens with one attached hydrogen (secondary N) is 1. The van der Waals surface area contributed by atoms with Gasteiger partial charge in [0.2, 0.25) is 0 Å². The second-order valence-electron chi connectivity index (χ2n) is 3.49. The molecular weight excluding hydrogens is 307 g/mol. The van der Waals surface area contributed by atoms with Gasteiger partial charge in [-0.25, -0.2) is 4.39 Å². The quantitative estimate of drug-likeness (QED) is 0.797. The summed E-state index contributed by atoms with van der Waals surface area (Å²) in [6, 6.07) is 10.0. The van der Waals surface area contributed by atoms with E-state index in [1.807, 2.05) is 12.1 Å². The number of hydrogen-bond acceptors (Lipinski definition) is 2. The second kappa shape index (κ2) is 4.94. The van der Waals surface area contributed by atoms with E-state index in [0.29, 0.717) is 20.9 Å². The van der Waals surface area contributed by atoms with E-state index in [-0.39, 0.29) is 5.82 Å². The Morgan fingerprint density at radius 2 is 1.82 bits per heavy atom. The van der Waals surface area contributed by atoms with Gasteiger partial charge in [0, 0.05) is 16.8 Å². The Balaban J connectivity index is 2.30. The van der Waals surface area contributed by atoms with Crippen LogP contribution in [0.4, 0.5) is 21.5 Å². The molecule has 5 heteroatoms. The normalized spacial score (nSPS) is 10.3. The van der Waals surface area contributed by atoms with Crippen LogP contribution >= 0.6 is 27.5 Å². The van der Waals surface area contributed by atoms with Gasteiger partial charge in [0.25, 0.3) is 0 Å². The Bertz CT molecular complexity index is 543. The minimum absolute atomic E-state index is 0.348. The SMILES string of the molecule is Nc1cc(F)c(Br)cc1Nc1ccc(Cl)cc1. The highest BCUT2D eigenvalue weighted by Gasteiger charge is 2.06. The first kappa shape index (κ1) is 12.2. The smallest absolute Gasteiger partial charge is 0.139 e. The molecule has 0 saturated carbocycles. The van der Waals surface area contributed by atoms with E-state index >= 15 is 0 Å². The van der Waals surface area contributed by atoms with E-state index in [1.54, 1.807) is 18.2 Å². The maximum atomic E-state index is 13.2. The summed E-state index contributed by atoms with van der Waals surface area (Å²) in [6.07, 6.45) is 0. The van der Waals surface area contributed by atoms with Crippen molar-refractivity contribution in [3.63, 3.8) is 0 Å². The van der Waals surface area contributed by atoms with Crippen molar-refractivity contribution in [1.29, 1.82) is 0 Å². The number of benzene rings is 2. The third-order valence-corrected chi connectivity index (χ3v) is 3.08. The molecule has 0 aliphatic carbocycles. The van der Waals surface area contributed by atoms with E-state index in [0.717, 1.165) is 5.69 Å². The fourth-order valence-corrected chi connectivity index (χ4v) is 1.83. The zero-order valence-corrected chi connectivity index (χ0v) is 11.0. The van der Waals surface area contributed by atoms with Gasteiger partial charge in [0.1, 0.15) is 5.82 Å². The van der Waals surface area contributed by atoms with Gasteiger partial charge in [-0.15, -0.1) is 0 Å². The first-order chi connectivity index (χ1) is 8.06. The molecule has 0 aliphatic rings. The summed E-state index contributed by atoms with van der Waals surface area (Å²) in [6.45, 7) is 0. The molecule has 0 unspecified atom stereocenters. The monoisotopic (exact) mass is 314 g/mol. The summed E-state index contributed by atoms with van der Waals surface area (Å²) in [7, 11) is 0. The fourth-order valence-electron chi connectivity index (χ4n) is 1.36. The Morgan fingerprint density at radius 1 is 1.18 bits per heavy atom. The number of rotatable bonds is 2. The van der Waals surface area contributed by atoms with Crippen molar-refractivity contribution in [2.45, 2.75) is 0 Å². The van der Waals surface area contributed by atoms with Crippen molar-refractivity contribution in [3.8, 4) is 0 Å². The number of nitrogen functional groups attached to an aromatic ring is 1. The second-order valence-corrected chi connectivity index (χ2v) is 4.78. The molecule has 2 nitrogen and oxygen atoms in total. The third kappa shape index (κ3) is 2.90. The molecule has 0 aromatic heterocycles. The van der Waals surface area contributed by atoms with Gasteiger partial charge < -0.3 is 11.1 Å². The van der Waals surface area contributed by atoms with E-state index in [1.165, 1.54) is 6.07 Å². The molecule has 88 valence electrons. The lowest BCUT2D eigenvalue weighted by Crippen LogP contribution is -1.97. The van der Waals surface area contributed by atoms with Gasteiger partial charge in [-0.1, -0.05) is 11.6 Å². The molecule has 3 N–H and O–H groups in total. The minimum Gasteiger partial charge on any atom is -0.397 e. The largest absolute Gasteiger partial charge is 0.397 e. The summed E-state index contributed by atoms with van der Waals surface area (Å²) in [5.41, 5.74) is 7.54. The molecule has 0 spiro atoms. The summed E-state index contributed by atoms with van der Waals surface area (Å²) in [5.74, 6) is -0.385. The molecule has 0 heterocycles. The maximum absolute atomic E-state index is 13.2. The van der Waals surface area contributed by atoms with Crippen molar-refractivity contribution >= 4 is 44.6 Å². The lowest BCUT2D eigenvalue weighted by Gasteiger charge is -2.10. The molecule has 0 aliphatic heterocycles. The van der Waals surface area contributed by atoms with Gasteiger partial charge in [0.15, 0.2) is 0 Å². The van der Waals surface area contributed by atoms with Crippen molar-refractivity contribution in [2.24, 2.45) is 0 Å². The predicted molar refractivity (Wildman–Crippen MR) is 73.2 cm³/mol. The van der Waals surface area contributed by atoms with E-state index in [9.17, 15) is 4.39 Å². The zero-order chi connectivity index (χ0) is 12.4. The highest BCUT2D eigenvalue weighted by atomic mass is 79.9. The van der Waals surface area contributed by atoms with Crippen LogP contribution < -0.4 is 11.1 Å². The van der Waals surface area contributed by atoms with Crippen LogP contribution in [0.25, 0.3) is 0 Å². The number of halogens is 3. The van der Waals surface area contributed by atoms with Gasteiger partial charge in [0.05, 0.1) is 15.8 Å². The topological polar surface area (TPSA) is 38.0 Å². The van der Waals surface area contributed by atoms with Crippen molar-refractivity contribution < 1.29 is 4.39 Å². The molecule has 0 atom stereocenters. The first-order valence-corrected chi connectivity index (χ1v) is 6.00. The molecule has 2 aromatic carbocycles. The van der Waals surface area contributed by atoms with Gasteiger partial charge in [-0.05, 0) is 46.3 Å². The predicted octanol–water partition coefficient (Wildman–Crippen LogP) is 4.57. The summed E-state index contributed by atoms with van der Waals surface area (Å²) in [4.78, 5) is 0. The van der Waals surface area contributed by atoms with E-state index in [2.05, 4.69) is 21.2 Å². The van der Waals surface area contributed by atoms with Crippen LogP contribution in [-0.2, 0) is 0 Å². The fraction of sp³-hybridized carbons (Fsp3) is 0. The maximum Gasteiger partial charge on any atom is 0.139 e. The molecule has 17 heavy (non-hydrogen) atoms. The van der Waals surface area contributed by atoms with Gasteiger partial charge in [-0.2, -0.15) is 0 Å². The molecule has 0 saturated heterocycles. The van der Waals surface area contributed by atoms with Crippen molar-refractivity contribution in [2.75, 3.05) is 11.1 Å². The standard InChI is InChI=1S/C12H9BrClFN2/c13-9-5-12(11(16)6-10(9)15)17-8-3-1-7(14)2-4-8/h1-6,17H,16H2. The summed E-state index contributed by atoms with van der Waals surface area (Å²) < 4.78 is 13.5. The lowest BCUT2D eigenvalue weighted by atomic mass is 10.2. The molecule has 0 bridgehead atoms. The van der Waals surface area contributed by atoms with Crippen LogP contribution in [0.1, 0.15) is 0 Å². The van der Waals surface area contributed by atoms with Crippen molar-refractivity contribution in [1.82, 2.24) is 0 Å². The molecule has 0 amide bonds. The average Bonchev–Trinajstić information content (AvgIpc) is 2.29. The number of nitrogens with two attached hydrogens (primary N) is 1. The minimum atomic E-state index is -0.385.